The van der Waals surface area contributed by atoms with E-state index in [1.165, 1.54) is 18.2 Å². The molecule has 3 N–H and O–H groups in total. The maximum Gasteiger partial charge on any atom is 0.272 e. The van der Waals surface area contributed by atoms with E-state index in [1.807, 2.05) is 0 Å². The van der Waals surface area contributed by atoms with Gasteiger partial charge in [0.05, 0.1) is 12.2 Å². The molecule has 0 unspecified atom stereocenters. The van der Waals surface area contributed by atoms with Crippen molar-refractivity contribution in [1.29, 1.82) is 0 Å². The fourth-order valence-electron chi connectivity index (χ4n) is 1.58. The predicted octanol–water partition coefficient (Wildman–Crippen LogP) is 2.14. The molecule has 1 aromatic carbocycles. The topological polar surface area (TPSA) is 65.1 Å². The molecule has 1 heterocycles. The highest BCUT2D eigenvalue weighted by Gasteiger charge is 2.08. The van der Waals surface area contributed by atoms with Gasteiger partial charge in [-0.15, -0.1) is 0 Å². The summed E-state index contributed by atoms with van der Waals surface area (Å²) in [5, 5.41) is 11.3. The SMILES string of the molecule is O=C(Nc1ccc(F)c(C#CCCO)c1)c1ccc[nH]1. The lowest BCUT2D eigenvalue weighted by Gasteiger charge is -2.05. The molecule has 102 valence electrons. The normalized spacial score (nSPS) is 9.70. The molecular formula is C15H13FN2O2. The van der Waals surface area contributed by atoms with E-state index >= 15 is 0 Å². The highest BCUT2D eigenvalue weighted by atomic mass is 19.1. The molecule has 0 radical (unpaired) electrons. The Morgan fingerprint density at radius 1 is 1.40 bits per heavy atom. The molecule has 0 aliphatic rings. The van der Waals surface area contributed by atoms with E-state index in [1.54, 1.807) is 18.3 Å². The predicted molar refractivity (Wildman–Crippen MR) is 73.7 cm³/mol. The molecule has 0 spiro atoms. The number of aromatic nitrogens is 1. The van der Waals surface area contributed by atoms with Gasteiger partial charge in [-0.3, -0.25) is 4.79 Å². The highest BCUT2D eigenvalue weighted by molar-refractivity contribution is 6.02. The smallest absolute Gasteiger partial charge is 0.272 e. The molecule has 0 atom stereocenters. The van der Waals surface area contributed by atoms with Crippen LogP contribution < -0.4 is 5.32 Å². The Kier molecular flexibility index (Phi) is 4.53. The molecule has 5 heteroatoms. The van der Waals surface area contributed by atoms with Crippen LogP contribution in [0.3, 0.4) is 0 Å². The van der Waals surface area contributed by atoms with Crippen molar-refractivity contribution in [3.8, 4) is 11.8 Å². The number of halogens is 1. The fraction of sp³-hybridized carbons (Fsp3) is 0.133. The number of hydrogen-bond donors (Lipinski definition) is 3. The van der Waals surface area contributed by atoms with Crippen LogP contribution in [0.25, 0.3) is 0 Å². The number of aliphatic hydroxyl groups excluding tert-OH is 1. The number of hydrogen-bond acceptors (Lipinski definition) is 2. The molecule has 1 amide bonds. The van der Waals surface area contributed by atoms with Gasteiger partial charge in [0.2, 0.25) is 0 Å². The Balaban J connectivity index is 2.15. The van der Waals surface area contributed by atoms with E-state index in [0.29, 0.717) is 11.4 Å². The molecule has 0 saturated heterocycles. The maximum absolute atomic E-state index is 13.5. The number of benzene rings is 1. The van der Waals surface area contributed by atoms with Crippen LogP contribution in [0.4, 0.5) is 10.1 Å². The minimum Gasteiger partial charge on any atom is -0.395 e. The first-order chi connectivity index (χ1) is 9.70. The Hall–Kier alpha value is -2.58. The Morgan fingerprint density at radius 2 is 2.25 bits per heavy atom. The zero-order valence-electron chi connectivity index (χ0n) is 10.6. The monoisotopic (exact) mass is 272 g/mol. The third kappa shape index (κ3) is 3.46. The van der Waals surface area contributed by atoms with Gasteiger partial charge in [0, 0.05) is 18.3 Å². The van der Waals surface area contributed by atoms with Gasteiger partial charge < -0.3 is 15.4 Å². The van der Waals surface area contributed by atoms with Crippen molar-refractivity contribution in [3.63, 3.8) is 0 Å². The van der Waals surface area contributed by atoms with Crippen LogP contribution in [0.15, 0.2) is 36.5 Å². The second-order valence-corrected chi connectivity index (χ2v) is 4.01. The Labute approximate surface area is 115 Å². The summed E-state index contributed by atoms with van der Waals surface area (Å²) in [6.45, 7) is -0.0716. The van der Waals surface area contributed by atoms with Crippen LogP contribution in [0.2, 0.25) is 0 Å². The van der Waals surface area contributed by atoms with Gasteiger partial charge in [0.15, 0.2) is 0 Å². The summed E-state index contributed by atoms with van der Waals surface area (Å²) >= 11 is 0. The highest BCUT2D eigenvalue weighted by Crippen LogP contribution is 2.15. The first-order valence-electron chi connectivity index (χ1n) is 6.04. The summed E-state index contributed by atoms with van der Waals surface area (Å²) in [5.74, 6) is 4.49. The van der Waals surface area contributed by atoms with Crippen molar-refractivity contribution in [2.45, 2.75) is 6.42 Å². The fourth-order valence-corrected chi connectivity index (χ4v) is 1.58. The van der Waals surface area contributed by atoms with E-state index < -0.39 is 5.82 Å². The minimum atomic E-state index is -0.465. The zero-order valence-corrected chi connectivity index (χ0v) is 10.6. The van der Waals surface area contributed by atoms with E-state index in [2.05, 4.69) is 22.1 Å². The number of anilines is 1. The average molecular weight is 272 g/mol. The van der Waals surface area contributed by atoms with E-state index in [4.69, 9.17) is 5.11 Å². The van der Waals surface area contributed by atoms with Crippen LogP contribution in [0.5, 0.6) is 0 Å². The molecule has 4 nitrogen and oxygen atoms in total. The van der Waals surface area contributed by atoms with Crippen LogP contribution in [-0.2, 0) is 0 Å². The number of aromatic amines is 1. The number of nitrogens with one attached hydrogen (secondary N) is 2. The van der Waals surface area contributed by atoms with Crippen molar-refractivity contribution >= 4 is 11.6 Å². The van der Waals surface area contributed by atoms with Crippen LogP contribution >= 0.6 is 0 Å². The van der Waals surface area contributed by atoms with Crippen molar-refractivity contribution in [1.82, 2.24) is 4.98 Å². The number of aliphatic hydroxyl groups is 1. The molecular weight excluding hydrogens is 259 g/mol. The number of rotatable bonds is 3. The molecule has 2 aromatic rings. The molecule has 0 aliphatic heterocycles. The quantitative estimate of drug-likeness (QED) is 0.749. The van der Waals surface area contributed by atoms with Gasteiger partial charge in [-0.1, -0.05) is 11.8 Å². The number of carbonyl (C=O) groups excluding carboxylic acids is 1. The van der Waals surface area contributed by atoms with Crippen molar-refractivity contribution < 1.29 is 14.3 Å². The molecule has 0 bridgehead atoms. The van der Waals surface area contributed by atoms with Gasteiger partial charge in [0.25, 0.3) is 5.91 Å². The van der Waals surface area contributed by atoms with Crippen LogP contribution in [0, 0.1) is 17.7 Å². The molecule has 20 heavy (non-hydrogen) atoms. The number of amides is 1. The minimum absolute atomic E-state index is 0.0716. The van der Waals surface area contributed by atoms with Gasteiger partial charge >= 0.3 is 0 Å². The lowest BCUT2D eigenvalue weighted by Crippen LogP contribution is -2.12. The third-order valence-corrected chi connectivity index (χ3v) is 2.53. The van der Waals surface area contributed by atoms with E-state index in [0.717, 1.165) is 0 Å². The lowest BCUT2D eigenvalue weighted by molar-refractivity contribution is 0.102. The molecule has 2 rings (SSSR count). The number of carbonyl (C=O) groups is 1. The molecule has 0 saturated carbocycles. The Morgan fingerprint density at radius 3 is 2.95 bits per heavy atom. The summed E-state index contributed by atoms with van der Waals surface area (Å²) in [6, 6.07) is 7.52. The second-order valence-electron chi connectivity index (χ2n) is 4.01. The Bertz CT molecular complexity index is 654. The summed E-state index contributed by atoms with van der Waals surface area (Å²) in [4.78, 5) is 14.6. The summed E-state index contributed by atoms with van der Waals surface area (Å²) < 4.78 is 13.5. The molecule has 1 aromatic heterocycles. The summed E-state index contributed by atoms with van der Waals surface area (Å²) in [6.07, 6.45) is 1.92. The molecule has 0 aliphatic carbocycles. The van der Waals surface area contributed by atoms with Gasteiger partial charge in [-0.25, -0.2) is 4.39 Å². The van der Waals surface area contributed by atoms with Crippen molar-refractivity contribution in [2.24, 2.45) is 0 Å². The standard InChI is InChI=1S/C15H13FN2O2/c16-13-7-6-12(10-11(13)4-1-2-9-19)18-15(20)14-5-3-8-17-14/h3,5-8,10,17,19H,2,9H2,(H,18,20). The largest absolute Gasteiger partial charge is 0.395 e. The zero-order chi connectivity index (χ0) is 14.4. The third-order valence-electron chi connectivity index (χ3n) is 2.53. The maximum atomic E-state index is 13.5. The van der Waals surface area contributed by atoms with Gasteiger partial charge in [0.1, 0.15) is 11.5 Å². The van der Waals surface area contributed by atoms with Crippen LogP contribution in [-0.4, -0.2) is 22.6 Å². The van der Waals surface area contributed by atoms with E-state index in [-0.39, 0.29) is 24.5 Å². The first-order valence-corrected chi connectivity index (χ1v) is 6.04. The van der Waals surface area contributed by atoms with E-state index in [9.17, 15) is 9.18 Å². The summed E-state index contributed by atoms with van der Waals surface area (Å²) in [5.41, 5.74) is 1.06. The lowest BCUT2D eigenvalue weighted by atomic mass is 10.2. The van der Waals surface area contributed by atoms with Crippen molar-refractivity contribution in [3.05, 3.63) is 53.6 Å². The first kappa shape index (κ1) is 13.8. The number of H-pyrrole nitrogens is 1. The van der Waals surface area contributed by atoms with Gasteiger partial charge in [-0.05, 0) is 30.3 Å². The van der Waals surface area contributed by atoms with Crippen molar-refractivity contribution in [2.75, 3.05) is 11.9 Å². The average Bonchev–Trinajstić information content (AvgIpc) is 2.96. The van der Waals surface area contributed by atoms with Crippen LogP contribution in [0.1, 0.15) is 22.5 Å². The molecule has 0 fully saturated rings. The summed E-state index contributed by atoms with van der Waals surface area (Å²) in [7, 11) is 0. The second kappa shape index (κ2) is 6.55. The van der Waals surface area contributed by atoms with Gasteiger partial charge in [-0.2, -0.15) is 0 Å².